The van der Waals surface area contributed by atoms with Crippen molar-refractivity contribution in [2.24, 2.45) is 15.4 Å². The third-order valence-corrected chi connectivity index (χ3v) is 4.26. The molecule has 2 aliphatic rings. The minimum atomic E-state index is -3.24. The number of thioether (sulfide) groups is 1. The van der Waals surface area contributed by atoms with Gasteiger partial charge in [-0.15, -0.1) is 4.40 Å². The highest BCUT2D eigenvalue weighted by molar-refractivity contribution is 8.27. The third kappa shape index (κ3) is 2.52. The molecule has 15 heavy (non-hydrogen) atoms. The average Bonchev–Trinajstić information content (AvgIpc) is 2.42. The van der Waals surface area contributed by atoms with Gasteiger partial charge in [-0.25, -0.2) is 13.4 Å². The minimum absolute atomic E-state index is 0.0650. The van der Waals surface area contributed by atoms with Gasteiger partial charge in [-0.2, -0.15) is 5.10 Å². The molecule has 0 unspecified atom stereocenters. The monoisotopic (exact) mass is 247 g/mol. The molecule has 0 bridgehead atoms. The molecule has 7 heteroatoms. The number of hydrogen-bond donors (Lipinski definition) is 0. The first-order chi connectivity index (χ1) is 6.96. The predicted molar refractivity (Wildman–Crippen MR) is 62.4 cm³/mol. The second-order valence-corrected chi connectivity index (χ2v) is 6.77. The summed E-state index contributed by atoms with van der Waals surface area (Å²) in [5, 5.41) is 7.49. The van der Waals surface area contributed by atoms with E-state index in [0.717, 1.165) is 11.5 Å². The van der Waals surface area contributed by atoms with Gasteiger partial charge in [0, 0.05) is 6.42 Å². The third-order valence-electron chi connectivity index (χ3n) is 2.02. The Bertz CT molecular complexity index is 425. The molecule has 0 aliphatic carbocycles. The summed E-state index contributed by atoms with van der Waals surface area (Å²) in [6.45, 7) is 4.65. The fourth-order valence-corrected chi connectivity index (χ4v) is 3.69. The molecule has 0 saturated heterocycles. The molecule has 2 heterocycles. The van der Waals surface area contributed by atoms with Gasteiger partial charge in [-0.1, -0.05) is 13.8 Å². The summed E-state index contributed by atoms with van der Waals surface area (Å²) in [7, 11) is -3.24. The van der Waals surface area contributed by atoms with Gasteiger partial charge in [0.1, 0.15) is 5.04 Å². The zero-order valence-corrected chi connectivity index (χ0v) is 10.3. The number of sulfonamides is 1. The SMILES string of the molecule is CC(C)CC1=NN2CCS(=O)(=O)N=C2S1. The normalized spacial score (nSPS) is 23.8. The van der Waals surface area contributed by atoms with E-state index in [9.17, 15) is 8.42 Å². The summed E-state index contributed by atoms with van der Waals surface area (Å²) in [5.41, 5.74) is 0. The van der Waals surface area contributed by atoms with Gasteiger partial charge in [0.25, 0.3) is 10.0 Å². The summed E-state index contributed by atoms with van der Waals surface area (Å²) >= 11 is 1.37. The molecule has 0 saturated carbocycles. The number of hydrogen-bond acceptors (Lipinski definition) is 5. The zero-order chi connectivity index (χ0) is 11.1. The maximum atomic E-state index is 11.2. The molecular formula is C8H13N3O2S2. The number of amidine groups is 1. The molecule has 0 amide bonds. The molecule has 0 atom stereocenters. The minimum Gasteiger partial charge on any atom is -0.240 e. The predicted octanol–water partition coefficient (Wildman–Crippen LogP) is 1.09. The van der Waals surface area contributed by atoms with Gasteiger partial charge in [0.15, 0.2) is 0 Å². The fraction of sp³-hybridized carbons (Fsp3) is 0.750. The van der Waals surface area contributed by atoms with Gasteiger partial charge in [-0.3, -0.25) is 0 Å². The largest absolute Gasteiger partial charge is 0.257 e. The van der Waals surface area contributed by atoms with Crippen LogP contribution in [0.4, 0.5) is 0 Å². The molecular weight excluding hydrogens is 234 g/mol. The van der Waals surface area contributed by atoms with E-state index in [1.165, 1.54) is 11.8 Å². The van der Waals surface area contributed by atoms with E-state index in [1.54, 1.807) is 5.01 Å². The highest BCUT2D eigenvalue weighted by Crippen LogP contribution is 2.27. The topological polar surface area (TPSA) is 62.1 Å². The van der Waals surface area contributed by atoms with Crippen molar-refractivity contribution in [3.05, 3.63) is 0 Å². The summed E-state index contributed by atoms with van der Waals surface area (Å²) in [6.07, 6.45) is 0.875. The highest BCUT2D eigenvalue weighted by atomic mass is 32.2. The Morgan fingerprint density at radius 1 is 1.53 bits per heavy atom. The van der Waals surface area contributed by atoms with Crippen molar-refractivity contribution in [2.75, 3.05) is 12.3 Å². The van der Waals surface area contributed by atoms with Gasteiger partial charge in [0.2, 0.25) is 5.17 Å². The Morgan fingerprint density at radius 2 is 2.27 bits per heavy atom. The Kier molecular flexibility index (Phi) is 2.76. The first-order valence-corrected chi connectivity index (χ1v) is 7.24. The summed E-state index contributed by atoms with van der Waals surface area (Å²) in [5.74, 6) is 0.588. The van der Waals surface area contributed by atoms with Crippen LogP contribution in [-0.4, -0.2) is 35.9 Å². The lowest BCUT2D eigenvalue weighted by molar-refractivity contribution is 0.471. The molecule has 2 rings (SSSR count). The average molecular weight is 247 g/mol. The summed E-state index contributed by atoms with van der Waals surface area (Å²) in [4.78, 5) is 0. The highest BCUT2D eigenvalue weighted by Gasteiger charge is 2.30. The first kappa shape index (κ1) is 10.9. The Balaban J connectivity index is 2.16. The van der Waals surface area contributed by atoms with Crippen molar-refractivity contribution in [3.8, 4) is 0 Å². The van der Waals surface area contributed by atoms with Gasteiger partial charge < -0.3 is 0 Å². The molecule has 84 valence electrons. The smallest absolute Gasteiger partial charge is 0.240 e. The van der Waals surface area contributed by atoms with Crippen LogP contribution in [0.3, 0.4) is 0 Å². The quantitative estimate of drug-likeness (QED) is 0.733. The Morgan fingerprint density at radius 3 is 2.93 bits per heavy atom. The second-order valence-electron chi connectivity index (χ2n) is 3.98. The van der Waals surface area contributed by atoms with Crippen LogP contribution in [0.1, 0.15) is 20.3 Å². The van der Waals surface area contributed by atoms with Crippen LogP contribution in [0.2, 0.25) is 0 Å². The van der Waals surface area contributed by atoms with E-state index in [0.29, 0.717) is 17.6 Å². The Labute approximate surface area is 93.7 Å². The molecule has 5 nitrogen and oxygen atoms in total. The lowest BCUT2D eigenvalue weighted by Gasteiger charge is -2.17. The van der Waals surface area contributed by atoms with Crippen molar-refractivity contribution in [2.45, 2.75) is 20.3 Å². The van der Waals surface area contributed by atoms with Crippen molar-refractivity contribution in [1.82, 2.24) is 5.01 Å². The molecule has 0 N–H and O–H groups in total. The van der Waals surface area contributed by atoms with Crippen molar-refractivity contribution >= 4 is 32.0 Å². The van der Waals surface area contributed by atoms with Crippen LogP contribution in [-0.2, 0) is 10.0 Å². The molecule has 0 spiro atoms. The van der Waals surface area contributed by atoms with E-state index in [2.05, 4.69) is 23.3 Å². The van der Waals surface area contributed by atoms with Gasteiger partial charge in [0.05, 0.1) is 12.3 Å². The van der Waals surface area contributed by atoms with Crippen molar-refractivity contribution < 1.29 is 8.42 Å². The van der Waals surface area contributed by atoms with Crippen molar-refractivity contribution in [1.29, 1.82) is 0 Å². The number of hydrazone groups is 1. The molecule has 0 aromatic heterocycles. The summed E-state index contributed by atoms with van der Waals surface area (Å²) in [6, 6.07) is 0. The van der Waals surface area contributed by atoms with Crippen LogP contribution in [0.15, 0.2) is 9.50 Å². The van der Waals surface area contributed by atoms with Crippen LogP contribution in [0, 0.1) is 5.92 Å². The van der Waals surface area contributed by atoms with Crippen LogP contribution in [0.25, 0.3) is 0 Å². The number of fused-ring (bicyclic) bond motifs is 1. The maximum Gasteiger partial charge on any atom is 0.257 e. The number of rotatable bonds is 2. The van der Waals surface area contributed by atoms with E-state index in [1.807, 2.05) is 0 Å². The van der Waals surface area contributed by atoms with E-state index >= 15 is 0 Å². The van der Waals surface area contributed by atoms with E-state index in [4.69, 9.17) is 0 Å². The van der Waals surface area contributed by atoms with Crippen molar-refractivity contribution in [3.63, 3.8) is 0 Å². The van der Waals surface area contributed by atoms with Gasteiger partial charge >= 0.3 is 0 Å². The van der Waals surface area contributed by atoms with Crippen LogP contribution >= 0.6 is 11.8 Å². The molecule has 0 radical (unpaired) electrons. The first-order valence-electron chi connectivity index (χ1n) is 4.82. The van der Waals surface area contributed by atoms with Crippen LogP contribution < -0.4 is 0 Å². The van der Waals surface area contributed by atoms with Crippen LogP contribution in [0.5, 0.6) is 0 Å². The van der Waals surface area contributed by atoms with E-state index < -0.39 is 10.0 Å². The molecule has 0 aromatic rings. The lowest BCUT2D eigenvalue weighted by atomic mass is 10.1. The van der Waals surface area contributed by atoms with Gasteiger partial charge in [-0.05, 0) is 17.7 Å². The molecule has 0 fully saturated rings. The molecule has 2 aliphatic heterocycles. The zero-order valence-electron chi connectivity index (χ0n) is 8.67. The number of nitrogens with zero attached hydrogens (tertiary/aromatic N) is 3. The standard InChI is InChI=1S/C8H13N3O2S2/c1-6(2)5-7-9-11-3-4-15(12,13)10-8(11)14-7/h6H,3-5H2,1-2H3. The maximum absolute atomic E-state index is 11.2. The lowest BCUT2D eigenvalue weighted by Crippen LogP contribution is -2.31. The fourth-order valence-electron chi connectivity index (χ4n) is 1.37. The Hall–Kier alpha value is -0.560. The second kappa shape index (κ2) is 3.79. The summed E-state index contributed by atoms with van der Waals surface area (Å²) < 4.78 is 26.2. The van der Waals surface area contributed by atoms with E-state index in [-0.39, 0.29) is 5.75 Å². The molecule has 0 aromatic carbocycles.